The summed E-state index contributed by atoms with van der Waals surface area (Å²) in [5.74, 6) is 0. The lowest BCUT2D eigenvalue weighted by molar-refractivity contribution is -0.508. The Labute approximate surface area is 134 Å². The molecule has 22 heavy (non-hydrogen) atoms. The highest BCUT2D eigenvalue weighted by atomic mass is 16.6. The standard InChI is InChI=1S/C18H28NO3/c1-2-3-4-12-15-18(19(21)22)16-13-10-8-6-5-7-9-11-14-17-20/h5-6,10,12-13,15,18H,2-4,7-9,11,14,16H2,1H3/b6-5-,13-10-,15-12+. The van der Waals surface area contributed by atoms with Gasteiger partial charge in [0, 0.05) is 17.8 Å². The van der Waals surface area contributed by atoms with E-state index in [4.69, 9.17) is 0 Å². The van der Waals surface area contributed by atoms with Gasteiger partial charge >= 0.3 is 0 Å². The number of nitrogens with zero attached hydrogens (tertiary/aromatic N) is 1. The van der Waals surface area contributed by atoms with Crippen LogP contribution in [-0.4, -0.2) is 17.3 Å². The minimum Gasteiger partial charge on any atom is -0.291 e. The van der Waals surface area contributed by atoms with Crippen molar-refractivity contribution >= 4 is 6.29 Å². The summed E-state index contributed by atoms with van der Waals surface area (Å²) in [6.07, 6.45) is 21.2. The van der Waals surface area contributed by atoms with Crippen molar-refractivity contribution in [3.63, 3.8) is 0 Å². The maximum absolute atomic E-state index is 10.9. The summed E-state index contributed by atoms with van der Waals surface area (Å²) in [5.41, 5.74) is 0. The number of nitro groups is 1. The molecule has 0 fully saturated rings. The van der Waals surface area contributed by atoms with Crippen LogP contribution >= 0.6 is 0 Å². The molecule has 0 aliphatic rings. The van der Waals surface area contributed by atoms with E-state index in [0.29, 0.717) is 12.8 Å². The van der Waals surface area contributed by atoms with E-state index in [1.165, 1.54) is 0 Å². The van der Waals surface area contributed by atoms with E-state index in [-0.39, 0.29) is 4.92 Å². The third kappa shape index (κ3) is 13.3. The summed E-state index contributed by atoms with van der Waals surface area (Å²) < 4.78 is 0. The van der Waals surface area contributed by atoms with Gasteiger partial charge in [0.05, 0.1) is 0 Å². The van der Waals surface area contributed by atoms with Crippen molar-refractivity contribution in [1.29, 1.82) is 0 Å². The summed E-state index contributed by atoms with van der Waals surface area (Å²) in [4.78, 5) is 20.7. The first-order chi connectivity index (χ1) is 10.7. The molecule has 0 amide bonds. The lowest BCUT2D eigenvalue weighted by atomic mass is 10.1. The summed E-state index contributed by atoms with van der Waals surface area (Å²) in [6, 6.07) is -0.614. The Balaban J connectivity index is 3.85. The third-order valence-corrected chi connectivity index (χ3v) is 3.24. The summed E-state index contributed by atoms with van der Waals surface area (Å²) >= 11 is 0. The van der Waals surface area contributed by atoms with Crippen LogP contribution in [0.5, 0.6) is 0 Å². The Morgan fingerprint density at radius 3 is 2.45 bits per heavy atom. The average molecular weight is 306 g/mol. The van der Waals surface area contributed by atoms with E-state index in [9.17, 15) is 14.9 Å². The van der Waals surface area contributed by atoms with E-state index in [0.717, 1.165) is 44.9 Å². The molecule has 123 valence electrons. The minimum absolute atomic E-state index is 0.229. The number of hydrogen-bond donors (Lipinski definition) is 0. The van der Waals surface area contributed by atoms with Crippen LogP contribution in [0.1, 0.15) is 64.7 Å². The number of carbonyl (C=O) groups excluding carboxylic acids is 1. The Kier molecular flexibility index (Phi) is 14.5. The number of unbranched alkanes of at least 4 members (excludes halogenated alkanes) is 5. The molecule has 0 aromatic heterocycles. The SMILES string of the molecule is CCCC/C=C/C(C/C=C\C/C=C\CCCC[C]=O)[N+](=O)[O-]. The monoisotopic (exact) mass is 306 g/mol. The molecule has 0 saturated carbocycles. The van der Waals surface area contributed by atoms with Crippen LogP contribution in [0.3, 0.4) is 0 Å². The number of hydrogen-bond acceptors (Lipinski definition) is 3. The van der Waals surface area contributed by atoms with E-state index >= 15 is 0 Å². The molecule has 0 heterocycles. The molecule has 0 aromatic carbocycles. The number of rotatable bonds is 14. The van der Waals surface area contributed by atoms with Gasteiger partial charge in [-0.2, -0.15) is 0 Å². The van der Waals surface area contributed by atoms with Gasteiger partial charge in [0.15, 0.2) is 6.29 Å². The quantitative estimate of drug-likeness (QED) is 0.198. The smallest absolute Gasteiger partial charge is 0.234 e. The van der Waals surface area contributed by atoms with Gasteiger partial charge < -0.3 is 0 Å². The zero-order valence-electron chi connectivity index (χ0n) is 13.6. The molecule has 0 spiro atoms. The summed E-state index contributed by atoms with van der Waals surface area (Å²) in [5, 5.41) is 10.9. The topological polar surface area (TPSA) is 60.2 Å². The van der Waals surface area contributed by atoms with Crippen molar-refractivity contribution in [2.45, 2.75) is 70.8 Å². The van der Waals surface area contributed by atoms with E-state index in [1.807, 2.05) is 24.5 Å². The second kappa shape index (κ2) is 15.7. The molecule has 0 N–H and O–H groups in total. The fraction of sp³-hybridized carbons (Fsp3) is 0.611. The molecular formula is C18H28NO3. The van der Waals surface area contributed by atoms with E-state index in [2.05, 4.69) is 19.1 Å². The Morgan fingerprint density at radius 2 is 1.77 bits per heavy atom. The van der Waals surface area contributed by atoms with Crippen LogP contribution in [0, 0.1) is 10.1 Å². The lowest BCUT2D eigenvalue weighted by Crippen LogP contribution is -2.15. The van der Waals surface area contributed by atoms with Crippen LogP contribution in [0.4, 0.5) is 0 Å². The first-order valence-electron chi connectivity index (χ1n) is 8.17. The molecule has 4 heteroatoms. The van der Waals surface area contributed by atoms with Gasteiger partial charge in [0.25, 0.3) is 0 Å². The molecule has 0 bridgehead atoms. The van der Waals surface area contributed by atoms with Gasteiger partial charge in [-0.3, -0.25) is 14.9 Å². The molecule has 1 atom stereocenters. The van der Waals surface area contributed by atoms with Crippen LogP contribution in [0.15, 0.2) is 36.5 Å². The maximum Gasteiger partial charge on any atom is 0.234 e. The fourth-order valence-electron chi connectivity index (χ4n) is 1.89. The average Bonchev–Trinajstić information content (AvgIpc) is 2.50. The van der Waals surface area contributed by atoms with Crippen LogP contribution in [0.2, 0.25) is 0 Å². The highest BCUT2D eigenvalue weighted by molar-refractivity contribution is 5.50. The zero-order valence-corrected chi connectivity index (χ0v) is 13.6. The highest BCUT2D eigenvalue weighted by Gasteiger charge is 2.12. The number of allylic oxidation sites excluding steroid dienone is 4. The van der Waals surface area contributed by atoms with Crippen molar-refractivity contribution in [1.82, 2.24) is 0 Å². The molecule has 0 aliphatic carbocycles. The Bertz CT molecular complexity index is 373. The van der Waals surface area contributed by atoms with Crippen molar-refractivity contribution in [3.05, 3.63) is 46.6 Å². The zero-order chi connectivity index (χ0) is 16.5. The predicted molar refractivity (Wildman–Crippen MR) is 91.1 cm³/mol. The van der Waals surface area contributed by atoms with Crippen molar-refractivity contribution in [2.24, 2.45) is 0 Å². The maximum atomic E-state index is 10.9. The molecular weight excluding hydrogens is 278 g/mol. The molecule has 4 nitrogen and oxygen atoms in total. The highest BCUT2D eigenvalue weighted by Crippen LogP contribution is 2.05. The van der Waals surface area contributed by atoms with Crippen LogP contribution in [-0.2, 0) is 4.79 Å². The molecule has 0 rings (SSSR count). The first kappa shape index (κ1) is 20.3. The summed E-state index contributed by atoms with van der Waals surface area (Å²) in [7, 11) is 0. The van der Waals surface area contributed by atoms with Crippen molar-refractivity contribution in [2.75, 3.05) is 0 Å². The largest absolute Gasteiger partial charge is 0.291 e. The molecule has 0 saturated heterocycles. The van der Waals surface area contributed by atoms with Crippen molar-refractivity contribution < 1.29 is 9.72 Å². The fourth-order valence-corrected chi connectivity index (χ4v) is 1.89. The van der Waals surface area contributed by atoms with Gasteiger partial charge in [0.1, 0.15) is 0 Å². The lowest BCUT2D eigenvalue weighted by Gasteiger charge is -2.00. The Morgan fingerprint density at radius 1 is 1.05 bits per heavy atom. The van der Waals surface area contributed by atoms with Gasteiger partial charge in [-0.05, 0) is 38.2 Å². The molecule has 1 radical (unpaired) electrons. The predicted octanol–water partition coefficient (Wildman–Crippen LogP) is 4.94. The Hall–Kier alpha value is -1.71. The third-order valence-electron chi connectivity index (χ3n) is 3.24. The molecule has 0 aromatic rings. The second-order valence-corrected chi connectivity index (χ2v) is 5.23. The summed E-state index contributed by atoms with van der Waals surface area (Å²) in [6.45, 7) is 2.11. The van der Waals surface area contributed by atoms with E-state index < -0.39 is 6.04 Å². The van der Waals surface area contributed by atoms with E-state index in [1.54, 1.807) is 6.08 Å². The van der Waals surface area contributed by atoms with Crippen LogP contribution in [0.25, 0.3) is 0 Å². The van der Waals surface area contributed by atoms with Gasteiger partial charge in [-0.25, -0.2) is 0 Å². The second-order valence-electron chi connectivity index (χ2n) is 5.23. The van der Waals surface area contributed by atoms with Crippen molar-refractivity contribution in [3.8, 4) is 0 Å². The normalized spacial score (nSPS) is 13.3. The van der Waals surface area contributed by atoms with Gasteiger partial charge in [0.2, 0.25) is 6.04 Å². The first-order valence-corrected chi connectivity index (χ1v) is 8.17. The minimum atomic E-state index is -0.614. The molecule has 1 unspecified atom stereocenters. The van der Waals surface area contributed by atoms with Crippen LogP contribution < -0.4 is 0 Å². The van der Waals surface area contributed by atoms with Gasteiger partial charge in [-0.1, -0.05) is 50.1 Å². The molecule has 0 aliphatic heterocycles. The van der Waals surface area contributed by atoms with Gasteiger partial charge in [-0.15, -0.1) is 0 Å².